The molecule has 0 bridgehead atoms. The van der Waals surface area contributed by atoms with Crippen molar-refractivity contribution in [1.29, 1.82) is 0 Å². The topological polar surface area (TPSA) is 29.4 Å². The predicted octanol–water partition coefficient (Wildman–Crippen LogP) is 17.3. The lowest BCUT2D eigenvalue weighted by atomic mass is 10.0. The zero-order valence-electron chi connectivity index (χ0n) is 36.2. The minimum Gasteiger partial charge on any atom is -0.230 e. The molecule has 1 aliphatic heterocycles. The summed E-state index contributed by atoms with van der Waals surface area (Å²) in [6.45, 7) is 7.83. The van der Waals surface area contributed by atoms with Crippen LogP contribution in [0.4, 0.5) is 0 Å². The Morgan fingerprint density at radius 1 is 0.404 bits per heavy atom. The standard InChI is InChI=1S/C49H95N2O/c1-4-7-10-13-16-19-22-24-26-27-29-31-34-37-40-43-48-50-45-47-51(48,49(52)44-41-38-35-32-21-18-15-12-9-6-3)46-42-39-36-33-30-28-25-23-20-17-14-11-8-5-2/h45,47H,4-44,46H2,1-3H3/q+1. The number of carbonyl (C=O) groups is 1. The Hall–Kier alpha value is -0.960. The van der Waals surface area contributed by atoms with Crippen molar-refractivity contribution in [3.63, 3.8) is 0 Å². The Bertz CT molecular complexity index is 818. The summed E-state index contributed by atoms with van der Waals surface area (Å²) in [6.07, 6.45) is 59.1. The zero-order chi connectivity index (χ0) is 37.5. The summed E-state index contributed by atoms with van der Waals surface area (Å²) in [6, 6.07) is 0. The molecule has 1 amide bonds. The Morgan fingerprint density at radius 3 is 1.04 bits per heavy atom. The number of amides is 1. The summed E-state index contributed by atoms with van der Waals surface area (Å²) < 4.78 is 0.453. The molecule has 0 fully saturated rings. The first kappa shape index (κ1) is 49.1. The van der Waals surface area contributed by atoms with Crippen LogP contribution in [0.25, 0.3) is 0 Å². The minimum atomic E-state index is 0.419. The predicted molar refractivity (Wildman–Crippen MR) is 233 cm³/mol. The fraction of sp³-hybridized carbons (Fsp3) is 0.918. The molecule has 3 nitrogen and oxygen atoms in total. The number of hydrogen-bond donors (Lipinski definition) is 0. The van der Waals surface area contributed by atoms with E-state index >= 15 is 0 Å². The number of aliphatic imine (C=N–C) groups is 1. The maximum Gasteiger partial charge on any atom is 0.324 e. The molecule has 0 N–H and O–H groups in total. The number of carbonyl (C=O) groups excluding carboxylic acids is 1. The Labute approximate surface area is 328 Å². The molecule has 1 atom stereocenters. The van der Waals surface area contributed by atoms with Crippen molar-refractivity contribution in [2.45, 2.75) is 284 Å². The van der Waals surface area contributed by atoms with Crippen LogP contribution in [0.2, 0.25) is 0 Å². The molecule has 0 saturated heterocycles. The molecular weight excluding hydrogens is 633 g/mol. The van der Waals surface area contributed by atoms with Crippen molar-refractivity contribution in [3.8, 4) is 0 Å². The van der Waals surface area contributed by atoms with Crippen molar-refractivity contribution >= 4 is 11.7 Å². The molecule has 0 saturated carbocycles. The normalized spacial score (nSPS) is 15.6. The van der Waals surface area contributed by atoms with E-state index < -0.39 is 0 Å². The average molecular weight is 728 g/mol. The van der Waals surface area contributed by atoms with E-state index in [1.54, 1.807) is 0 Å². The SMILES string of the molecule is CCCCCCCCCCCCCCCCCC1=NC=C[N+]1(CCCCCCCCCCCCCCCC)C(=O)CCCCCCCCCCCC. The van der Waals surface area contributed by atoms with Gasteiger partial charge in [0.05, 0.1) is 19.2 Å². The second-order valence-electron chi connectivity index (χ2n) is 17.1. The van der Waals surface area contributed by atoms with Gasteiger partial charge in [-0.15, -0.1) is 0 Å². The summed E-state index contributed by atoms with van der Waals surface area (Å²) >= 11 is 0. The van der Waals surface area contributed by atoms with Gasteiger partial charge in [0, 0.05) is 6.42 Å². The van der Waals surface area contributed by atoms with Crippen LogP contribution in [0.1, 0.15) is 284 Å². The molecule has 1 unspecified atom stereocenters. The van der Waals surface area contributed by atoms with Crippen LogP contribution in [0.3, 0.4) is 0 Å². The van der Waals surface area contributed by atoms with Gasteiger partial charge >= 0.3 is 5.91 Å². The fourth-order valence-electron chi connectivity index (χ4n) is 8.42. The van der Waals surface area contributed by atoms with Crippen LogP contribution >= 0.6 is 0 Å². The lowest BCUT2D eigenvalue weighted by Gasteiger charge is -2.30. The second-order valence-corrected chi connectivity index (χ2v) is 17.1. The van der Waals surface area contributed by atoms with E-state index in [0.29, 0.717) is 10.4 Å². The lowest BCUT2D eigenvalue weighted by Crippen LogP contribution is -2.52. The van der Waals surface area contributed by atoms with Gasteiger partial charge in [0.2, 0.25) is 5.84 Å². The summed E-state index contributed by atoms with van der Waals surface area (Å²) in [4.78, 5) is 18.9. The van der Waals surface area contributed by atoms with E-state index in [-0.39, 0.29) is 0 Å². The van der Waals surface area contributed by atoms with E-state index in [2.05, 4.69) is 27.0 Å². The fourth-order valence-corrected chi connectivity index (χ4v) is 8.42. The molecule has 0 aromatic heterocycles. The average Bonchev–Trinajstić information content (AvgIpc) is 3.57. The number of hydrogen-bond acceptors (Lipinski definition) is 2. The lowest BCUT2D eigenvalue weighted by molar-refractivity contribution is -0.708. The van der Waals surface area contributed by atoms with Crippen molar-refractivity contribution in [2.75, 3.05) is 6.54 Å². The van der Waals surface area contributed by atoms with Gasteiger partial charge in [-0.25, -0.2) is 9.79 Å². The maximum atomic E-state index is 14.0. The van der Waals surface area contributed by atoms with Crippen LogP contribution in [0, 0.1) is 0 Å². The van der Waals surface area contributed by atoms with E-state index in [9.17, 15) is 4.79 Å². The first-order valence-corrected chi connectivity index (χ1v) is 24.4. The van der Waals surface area contributed by atoms with Gasteiger partial charge in [0.25, 0.3) is 0 Å². The van der Waals surface area contributed by atoms with Gasteiger partial charge in [-0.2, -0.15) is 4.48 Å². The van der Waals surface area contributed by atoms with Gasteiger partial charge in [-0.3, -0.25) is 0 Å². The van der Waals surface area contributed by atoms with E-state index in [4.69, 9.17) is 4.99 Å². The second kappa shape index (κ2) is 38.3. The molecule has 306 valence electrons. The van der Waals surface area contributed by atoms with Crippen LogP contribution in [0.15, 0.2) is 17.4 Å². The maximum absolute atomic E-state index is 14.0. The molecule has 0 spiro atoms. The molecular formula is C49H95N2O+. The van der Waals surface area contributed by atoms with Gasteiger partial charge in [0.15, 0.2) is 0 Å². The first-order chi connectivity index (χ1) is 25.7. The van der Waals surface area contributed by atoms with Crippen LogP contribution < -0.4 is 0 Å². The van der Waals surface area contributed by atoms with Gasteiger partial charge in [-0.1, -0.05) is 245 Å². The van der Waals surface area contributed by atoms with Crippen LogP contribution in [-0.4, -0.2) is 22.8 Å². The molecule has 0 radical (unpaired) electrons. The third-order valence-corrected chi connectivity index (χ3v) is 12.1. The summed E-state index contributed by atoms with van der Waals surface area (Å²) in [5, 5.41) is 0. The third-order valence-electron chi connectivity index (χ3n) is 12.1. The molecule has 52 heavy (non-hydrogen) atoms. The highest BCUT2D eigenvalue weighted by Gasteiger charge is 2.41. The summed E-state index contributed by atoms with van der Waals surface area (Å²) in [5.74, 6) is 1.57. The van der Waals surface area contributed by atoms with Gasteiger partial charge in [0.1, 0.15) is 6.20 Å². The number of unbranched alkanes of at least 4 members (excludes halogenated alkanes) is 36. The molecule has 1 aliphatic rings. The number of nitrogens with zero attached hydrogens (tertiary/aromatic N) is 2. The van der Waals surface area contributed by atoms with E-state index in [0.717, 1.165) is 38.1 Å². The Balaban J connectivity index is 2.34. The Morgan fingerprint density at radius 2 is 0.692 bits per heavy atom. The zero-order valence-corrected chi connectivity index (χ0v) is 36.2. The van der Waals surface area contributed by atoms with Crippen LogP contribution in [0.5, 0.6) is 0 Å². The van der Waals surface area contributed by atoms with E-state index in [1.165, 1.54) is 238 Å². The number of rotatable bonds is 42. The number of amidine groups is 1. The smallest absolute Gasteiger partial charge is 0.230 e. The highest BCUT2D eigenvalue weighted by atomic mass is 16.2. The summed E-state index contributed by atoms with van der Waals surface area (Å²) in [5.41, 5.74) is 0. The quantitative estimate of drug-likeness (QED) is 0.0455. The third kappa shape index (κ3) is 27.6. The monoisotopic (exact) mass is 728 g/mol. The van der Waals surface area contributed by atoms with E-state index in [1.807, 2.05) is 6.20 Å². The Kier molecular flexibility index (Phi) is 36.2. The van der Waals surface area contributed by atoms with Crippen molar-refractivity contribution in [3.05, 3.63) is 12.4 Å². The molecule has 0 aliphatic carbocycles. The molecule has 3 heteroatoms. The largest absolute Gasteiger partial charge is 0.324 e. The highest BCUT2D eigenvalue weighted by Crippen LogP contribution is 2.27. The molecule has 1 heterocycles. The van der Waals surface area contributed by atoms with Gasteiger partial charge in [-0.05, 0) is 25.7 Å². The summed E-state index contributed by atoms with van der Waals surface area (Å²) in [7, 11) is 0. The molecule has 0 aromatic carbocycles. The van der Waals surface area contributed by atoms with Crippen LogP contribution in [-0.2, 0) is 4.79 Å². The van der Waals surface area contributed by atoms with Crippen molar-refractivity contribution < 1.29 is 9.28 Å². The van der Waals surface area contributed by atoms with Gasteiger partial charge < -0.3 is 0 Å². The van der Waals surface area contributed by atoms with Crippen molar-refractivity contribution in [1.82, 2.24) is 0 Å². The van der Waals surface area contributed by atoms with Crippen molar-refractivity contribution in [2.24, 2.45) is 4.99 Å². The number of quaternary nitrogens is 1. The molecule has 1 rings (SSSR count). The molecule has 0 aromatic rings. The first-order valence-electron chi connectivity index (χ1n) is 24.4. The highest BCUT2D eigenvalue weighted by molar-refractivity contribution is 5.90. The minimum absolute atomic E-state index is 0.419.